The van der Waals surface area contributed by atoms with Gasteiger partial charge in [-0.25, -0.2) is 0 Å². The zero-order chi connectivity index (χ0) is 17.4. The number of hydrogen-bond acceptors (Lipinski definition) is 3. The second-order valence-corrected chi connectivity index (χ2v) is 6.44. The van der Waals surface area contributed by atoms with E-state index in [0.717, 1.165) is 25.3 Å². The fourth-order valence-corrected chi connectivity index (χ4v) is 2.82. The summed E-state index contributed by atoms with van der Waals surface area (Å²) in [6, 6.07) is 16.2. The third kappa shape index (κ3) is 5.99. The minimum atomic E-state index is -0.498. The van der Waals surface area contributed by atoms with Gasteiger partial charge in [0.1, 0.15) is 18.5 Å². The number of aliphatic hydroxyl groups excluding tert-OH is 1. The van der Waals surface area contributed by atoms with Crippen LogP contribution in [0.1, 0.15) is 30.0 Å². The summed E-state index contributed by atoms with van der Waals surface area (Å²) < 4.78 is 5.66. The number of nitrogens with zero attached hydrogens (tertiary/aromatic N) is 1. The minimum absolute atomic E-state index is 0.316. The van der Waals surface area contributed by atoms with Crippen LogP contribution >= 0.6 is 0 Å². The molecule has 0 fully saturated rings. The van der Waals surface area contributed by atoms with Gasteiger partial charge in [-0.15, -0.1) is 0 Å². The summed E-state index contributed by atoms with van der Waals surface area (Å²) in [6.07, 6.45) is 0.568. The van der Waals surface area contributed by atoms with E-state index in [1.54, 1.807) is 0 Å². The number of benzene rings is 2. The van der Waals surface area contributed by atoms with Crippen molar-refractivity contribution in [2.24, 2.45) is 0 Å². The standard InChI is InChI=1S/C21H29NO2/c1-4-12-22(14-19-13-17(2)10-11-18(19)3)15-20(23)16-24-21-8-6-5-7-9-21/h5-11,13,20,23H,4,12,14-16H2,1-3H3/t20-/m1/s1. The minimum Gasteiger partial charge on any atom is -0.491 e. The molecule has 130 valence electrons. The lowest BCUT2D eigenvalue weighted by Crippen LogP contribution is -2.36. The van der Waals surface area contributed by atoms with Crippen molar-refractivity contribution in [3.05, 3.63) is 65.2 Å². The molecule has 0 spiro atoms. The van der Waals surface area contributed by atoms with E-state index in [-0.39, 0.29) is 0 Å². The van der Waals surface area contributed by atoms with Crippen LogP contribution in [-0.4, -0.2) is 35.8 Å². The first-order chi connectivity index (χ1) is 11.6. The van der Waals surface area contributed by atoms with Gasteiger partial charge >= 0.3 is 0 Å². The second kappa shape index (κ2) is 9.45. The van der Waals surface area contributed by atoms with Crippen LogP contribution in [0.2, 0.25) is 0 Å². The lowest BCUT2D eigenvalue weighted by Gasteiger charge is -2.25. The number of rotatable bonds is 9. The van der Waals surface area contributed by atoms with E-state index in [9.17, 15) is 5.11 Å². The molecular formula is C21H29NO2. The highest BCUT2D eigenvalue weighted by atomic mass is 16.5. The molecule has 1 N–H and O–H groups in total. The van der Waals surface area contributed by atoms with Crippen LogP contribution in [0.5, 0.6) is 5.75 Å². The summed E-state index contributed by atoms with van der Waals surface area (Å²) >= 11 is 0. The van der Waals surface area contributed by atoms with Crippen LogP contribution in [0, 0.1) is 13.8 Å². The van der Waals surface area contributed by atoms with Crippen LogP contribution in [0.3, 0.4) is 0 Å². The van der Waals surface area contributed by atoms with Crippen molar-refractivity contribution in [2.75, 3.05) is 19.7 Å². The van der Waals surface area contributed by atoms with Gasteiger partial charge in [0.05, 0.1) is 0 Å². The van der Waals surface area contributed by atoms with Crippen molar-refractivity contribution in [3.63, 3.8) is 0 Å². The summed E-state index contributed by atoms with van der Waals surface area (Å²) in [4.78, 5) is 2.31. The molecule has 0 aromatic heterocycles. The summed E-state index contributed by atoms with van der Waals surface area (Å²) in [6.45, 7) is 9.21. The Balaban J connectivity index is 1.91. The van der Waals surface area contributed by atoms with Gasteiger partial charge < -0.3 is 9.84 Å². The molecular weight excluding hydrogens is 298 g/mol. The molecule has 0 radical (unpaired) electrons. The van der Waals surface area contributed by atoms with Crippen molar-refractivity contribution in [1.29, 1.82) is 0 Å². The molecule has 0 saturated heterocycles. The smallest absolute Gasteiger partial charge is 0.119 e. The first-order valence-electron chi connectivity index (χ1n) is 8.73. The van der Waals surface area contributed by atoms with Crippen molar-refractivity contribution in [2.45, 2.75) is 39.8 Å². The van der Waals surface area contributed by atoms with Crippen LogP contribution in [0.4, 0.5) is 0 Å². The number of aryl methyl sites for hydroxylation is 2. The van der Waals surface area contributed by atoms with Crippen LogP contribution < -0.4 is 4.74 Å². The van der Waals surface area contributed by atoms with E-state index in [4.69, 9.17) is 4.74 Å². The largest absolute Gasteiger partial charge is 0.491 e. The molecule has 0 aliphatic heterocycles. The number of para-hydroxylation sites is 1. The lowest BCUT2D eigenvalue weighted by atomic mass is 10.0. The molecule has 0 aliphatic rings. The molecule has 0 saturated carbocycles. The van der Waals surface area contributed by atoms with Gasteiger partial charge in [0.2, 0.25) is 0 Å². The maximum atomic E-state index is 10.3. The van der Waals surface area contributed by atoms with E-state index in [1.165, 1.54) is 16.7 Å². The molecule has 0 bridgehead atoms. The highest BCUT2D eigenvalue weighted by molar-refractivity contribution is 5.30. The molecule has 0 amide bonds. The predicted molar refractivity (Wildman–Crippen MR) is 99.4 cm³/mol. The topological polar surface area (TPSA) is 32.7 Å². The first-order valence-corrected chi connectivity index (χ1v) is 8.73. The van der Waals surface area contributed by atoms with E-state index < -0.39 is 6.10 Å². The third-order valence-corrected chi connectivity index (χ3v) is 4.09. The molecule has 2 aromatic carbocycles. The Hall–Kier alpha value is -1.84. The Bertz CT molecular complexity index is 612. The van der Waals surface area contributed by atoms with Gasteiger partial charge in [-0.05, 0) is 50.1 Å². The van der Waals surface area contributed by atoms with Gasteiger partial charge in [-0.3, -0.25) is 4.90 Å². The molecule has 24 heavy (non-hydrogen) atoms. The average Bonchev–Trinajstić information content (AvgIpc) is 2.57. The van der Waals surface area contributed by atoms with E-state index in [0.29, 0.717) is 13.2 Å². The van der Waals surface area contributed by atoms with Crippen LogP contribution in [-0.2, 0) is 6.54 Å². The van der Waals surface area contributed by atoms with Crippen molar-refractivity contribution in [3.8, 4) is 5.75 Å². The molecule has 3 heteroatoms. The third-order valence-electron chi connectivity index (χ3n) is 4.09. The van der Waals surface area contributed by atoms with Gasteiger partial charge in [0.15, 0.2) is 0 Å². The normalized spacial score (nSPS) is 12.4. The predicted octanol–water partition coefficient (Wildman–Crippen LogP) is 3.96. The molecule has 2 aromatic rings. The zero-order valence-corrected chi connectivity index (χ0v) is 15.0. The molecule has 0 aliphatic carbocycles. The summed E-state index contributed by atoms with van der Waals surface area (Å²) in [5.74, 6) is 0.799. The van der Waals surface area contributed by atoms with Gasteiger partial charge in [0, 0.05) is 13.1 Å². The monoisotopic (exact) mass is 327 g/mol. The highest BCUT2D eigenvalue weighted by Crippen LogP contribution is 2.14. The van der Waals surface area contributed by atoms with E-state index in [2.05, 4.69) is 43.9 Å². The van der Waals surface area contributed by atoms with E-state index in [1.807, 2.05) is 30.3 Å². The highest BCUT2D eigenvalue weighted by Gasteiger charge is 2.13. The number of ether oxygens (including phenoxy) is 1. The summed E-state index contributed by atoms with van der Waals surface area (Å²) in [7, 11) is 0. The van der Waals surface area contributed by atoms with Crippen LogP contribution in [0.25, 0.3) is 0 Å². The SMILES string of the molecule is CCCN(Cc1cc(C)ccc1C)C[C@@H](O)COc1ccccc1. The first kappa shape index (κ1) is 18.5. The van der Waals surface area contributed by atoms with Gasteiger partial charge in [-0.1, -0.05) is 48.9 Å². The van der Waals surface area contributed by atoms with E-state index >= 15 is 0 Å². The summed E-state index contributed by atoms with van der Waals surface area (Å²) in [5, 5.41) is 10.3. The van der Waals surface area contributed by atoms with Crippen molar-refractivity contribution in [1.82, 2.24) is 4.90 Å². The second-order valence-electron chi connectivity index (χ2n) is 6.44. The Morgan fingerprint density at radius 3 is 2.54 bits per heavy atom. The Kier molecular flexibility index (Phi) is 7.29. The van der Waals surface area contributed by atoms with Crippen molar-refractivity contribution < 1.29 is 9.84 Å². The van der Waals surface area contributed by atoms with Crippen LogP contribution in [0.15, 0.2) is 48.5 Å². The average molecular weight is 327 g/mol. The molecule has 2 rings (SSSR count). The molecule has 3 nitrogen and oxygen atoms in total. The molecule has 1 atom stereocenters. The van der Waals surface area contributed by atoms with Gasteiger partial charge in [-0.2, -0.15) is 0 Å². The Morgan fingerprint density at radius 2 is 1.83 bits per heavy atom. The number of aliphatic hydroxyl groups is 1. The fraction of sp³-hybridized carbons (Fsp3) is 0.429. The molecule has 0 unspecified atom stereocenters. The fourth-order valence-electron chi connectivity index (χ4n) is 2.82. The maximum absolute atomic E-state index is 10.3. The summed E-state index contributed by atoms with van der Waals surface area (Å²) in [5.41, 5.74) is 3.91. The lowest BCUT2D eigenvalue weighted by molar-refractivity contribution is 0.0655. The number of hydrogen-bond donors (Lipinski definition) is 1. The Morgan fingerprint density at radius 1 is 1.08 bits per heavy atom. The molecule has 0 heterocycles. The zero-order valence-electron chi connectivity index (χ0n) is 15.0. The van der Waals surface area contributed by atoms with Crippen molar-refractivity contribution >= 4 is 0 Å². The quantitative estimate of drug-likeness (QED) is 0.757. The Labute approximate surface area is 145 Å². The maximum Gasteiger partial charge on any atom is 0.119 e. The van der Waals surface area contributed by atoms with Gasteiger partial charge in [0.25, 0.3) is 0 Å².